The average molecular weight is 287 g/mol. The summed E-state index contributed by atoms with van der Waals surface area (Å²) in [5.41, 5.74) is 10.1. The van der Waals surface area contributed by atoms with E-state index in [2.05, 4.69) is 10.5 Å². The number of anilines is 1. The molecule has 2 rings (SSSR count). The fourth-order valence-corrected chi connectivity index (χ4v) is 1.78. The molecule has 2 aromatic rings. The molecule has 0 saturated carbocycles. The molecule has 6 nitrogen and oxygen atoms in total. The second-order valence-electron chi connectivity index (χ2n) is 4.38. The van der Waals surface area contributed by atoms with E-state index in [1.54, 1.807) is 30.3 Å². The topological polar surface area (TPSA) is 100 Å². The van der Waals surface area contributed by atoms with Gasteiger partial charge in [0, 0.05) is 22.9 Å². The molecule has 0 amide bonds. The van der Waals surface area contributed by atoms with E-state index in [-0.39, 0.29) is 11.5 Å². The Kier molecular flexibility index (Phi) is 4.50. The predicted octanol–water partition coefficient (Wildman–Crippen LogP) is 1.81. The Bertz CT molecular complexity index is 657. The van der Waals surface area contributed by atoms with Gasteiger partial charge in [-0.25, -0.2) is 0 Å². The maximum Gasteiger partial charge on any atom is 0.166 e. The Morgan fingerprint density at radius 1 is 1.29 bits per heavy atom. The SMILES string of the molecule is COc1cccc(C=NNCc2ccc(N)cc2O)c1O. The number of nitrogen functional groups attached to an aromatic ring is 1. The van der Waals surface area contributed by atoms with Gasteiger partial charge in [0.2, 0.25) is 0 Å². The normalized spacial score (nSPS) is 10.7. The van der Waals surface area contributed by atoms with E-state index in [4.69, 9.17) is 10.5 Å². The van der Waals surface area contributed by atoms with Gasteiger partial charge >= 0.3 is 0 Å². The first-order chi connectivity index (χ1) is 10.1. The van der Waals surface area contributed by atoms with Gasteiger partial charge < -0.3 is 26.1 Å². The fraction of sp³-hybridized carbons (Fsp3) is 0.133. The Balaban J connectivity index is 2.00. The van der Waals surface area contributed by atoms with Crippen LogP contribution in [0.4, 0.5) is 5.69 Å². The molecule has 0 aliphatic carbocycles. The Morgan fingerprint density at radius 3 is 2.81 bits per heavy atom. The van der Waals surface area contributed by atoms with Gasteiger partial charge in [-0.2, -0.15) is 5.10 Å². The van der Waals surface area contributed by atoms with Gasteiger partial charge in [0.15, 0.2) is 11.5 Å². The molecule has 21 heavy (non-hydrogen) atoms. The minimum absolute atomic E-state index is 0.0286. The number of hydrogen-bond acceptors (Lipinski definition) is 6. The van der Waals surface area contributed by atoms with E-state index in [9.17, 15) is 10.2 Å². The summed E-state index contributed by atoms with van der Waals surface area (Å²) in [7, 11) is 1.48. The lowest BCUT2D eigenvalue weighted by Crippen LogP contribution is -2.06. The highest BCUT2D eigenvalue weighted by Crippen LogP contribution is 2.27. The molecule has 0 unspecified atom stereocenters. The second kappa shape index (κ2) is 6.51. The molecule has 0 heterocycles. The maximum atomic E-state index is 9.88. The van der Waals surface area contributed by atoms with Crippen LogP contribution in [0.15, 0.2) is 41.5 Å². The number of rotatable bonds is 5. The van der Waals surface area contributed by atoms with Crippen LogP contribution in [-0.2, 0) is 6.54 Å². The molecule has 0 aliphatic rings. The molecule has 2 aromatic carbocycles. The van der Waals surface area contributed by atoms with Crippen molar-refractivity contribution < 1.29 is 14.9 Å². The van der Waals surface area contributed by atoms with Gasteiger partial charge in [0.25, 0.3) is 0 Å². The molecule has 0 saturated heterocycles. The number of aromatic hydroxyl groups is 2. The number of para-hydroxylation sites is 1. The molecule has 6 heteroatoms. The second-order valence-corrected chi connectivity index (χ2v) is 4.38. The fourth-order valence-electron chi connectivity index (χ4n) is 1.78. The summed E-state index contributed by atoms with van der Waals surface area (Å²) in [4.78, 5) is 0. The molecular formula is C15H17N3O3. The zero-order chi connectivity index (χ0) is 15.2. The van der Waals surface area contributed by atoms with Crippen LogP contribution in [0.25, 0.3) is 0 Å². The van der Waals surface area contributed by atoms with Crippen LogP contribution in [0.5, 0.6) is 17.2 Å². The number of methoxy groups -OCH3 is 1. The smallest absolute Gasteiger partial charge is 0.166 e. The van der Waals surface area contributed by atoms with Crippen molar-refractivity contribution in [1.29, 1.82) is 0 Å². The van der Waals surface area contributed by atoms with Crippen LogP contribution < -0.4 is 15.9 Å². The third-order valence-corrected chi connectivity index (χ3v) is 2.92. The number of phenols is 2. The third kappa shape index (κ3) is 3.56. The molecule has 0 fully saturated rings. The average Bonchev–Trinajstić information content (AvgIpc) is 2.47. The summed E-state index contributed by atoms with van der Waals surface area (Å²) in [6.07, 6.45) is 1.48. The minimum Gasteiger partial charge on any atom is -0.508 e. The summed E-state index contributed by atoms with van der Waals surface area (Å²) in [6.45, 7) is 0.341. The van der Waals surface area contributed by atoms with Crippen LogP contribution in [0.2, 0.25) is 0 Å². The largest absolute Gasteiger partial charge is 0.508 e. The number of nitrogens with one attached hydrogen (secondary N) is 1. The van der Waals surface area contributed by atoms with Crippen molar-refractivity contribution in [2.75, 3.05) is 12.8 Å². The standard InChI is InChI=1S/C15H17N3O3/c1-21-14-4-2-3-11(15(14)20)9-18-17-8-10-5-6-12(16)7-13(10)19/h2-7,9,17,19-20H,8,16H2,1H3. The Hall–Kier alpha value is -2.89. The highest BCUT2D eigenvalue weighted by molar-refractivity contribution is 5.84. The van der Waals surface area contributed by atoms with Crippen LogP contribution >= 0.6 is 0 Å². The van der Waals surface area contributed by atoms with Crippen molar-refractivity contribution in [3.05, 3.63) is 47.5 Å². The molecule has 0 aromatic heterocycles. The maximum absolute atomic E-state index is 9.88. The van der Waals surface area contributed by atoms with Gasteiger partial charge in [-0.15, -0.1) is 0 Å². The van der Waals surface area contributed by atoms with Gasteiger partial charge in [-0.3, -0.25) is 0 Å². The highest BCUT2D eigenvalue weighted by Gasteiger charge is 2.04. The highest BCUT2D eigenvalue weighted by atomic mass is 16.5. The van der Waals surface area contributed by atoms with Crippen LogP contribution in [0.3, 0.4) is 0 Å². The number of ether oxygens (including phenoxy) is 1. The summed E-state index contributed by atoms with van der Waals surface area (Å²) >= 11 is 0. The number of phenolic OH excluding ortho intramolecular Hbond substituents is 2. The van der Waals surface area contributed by atoms with Crippen molar-refractivity contribution in [3.63, 3.8) is 0 Å². The summed E-state index contributed by atoms with van der Waals surface area (Å²) in [5, 5.41) is 23.6. The number of hydrogen-bond donors (Lipinski definition) is 4. The third-order valence-electron chi connectivity index (χ3n) is 2.92. The lowest BCUT2D eigenvalue weighted by atomic mass is 10.2. The van der Waals surface area contributed by atoms with E-state index in [0.29, 0.717) is 29.1 Å². The molecule has 0 aliphatic heterocycles. The van der Waals surface area contributed by atoms with Gasteiger partial charge in [0.1, 0.15) is 5.75 Å². The zero-order valence-electron chi connectivity index (χ0n) is 11.6. The lowest BCUT2D eigenvalue weighted by Gasteiger charge is -2.06. The van der Waals surface area contributed by atoms with Crippen molar-refractivity contribution in [1.82, 2.24) is 5.43 Å². The first-order valence-corrected chi connectivity index (χ1v) is 6.31. The van der Waals surface area contributed by atoms with Crippen LogP contribution in [0.1, 0.15) is 11.1 Å². The van der Waals surface area contributed by atoms with E-state index >= 15 is 0 Å². The number of nitrogens with zero attached hydrogens (tertiary/aromatic N) is 1. The quantitative estimate of drug-likeness (QED) is 0.382. The molecule has 0 spiro atoms. The molecule has 0 radical (unpaired) electrons. The lowest BCUT2D eigenvalue weighted by molar-refractivity contribution is 0.373. The minimum atomic E-state index is 0.0286. The van der Waals surface area contributed by atoms with Crippen molar-refractivity contribution >= 4 is 11.9 Å². The van der Waals surface area contributed by atoms with Gasteiger partial charge in [0.05, 0.1) is 19.9 Å². The van der Waals surface area contributed by atoms with E-state index in [1.165, 1.54) is 19.4 Å². The number of nitrogens with two attached hydrogens (primary N) is 1. The predicted molar refractivity (Wildman–Crippen MR) is 81.6 cm³/mol. The van der Waals surface area contributed by atoms with Crippen molar-refractivity contribution in [2.24, 2.45) is 5.10 Å². The first-order valence-electron chi connectivity index (χ1n) is 6.31. The van der Waals surface area contributed by atoms with Crippen LogP contribution in [-0.4, -0.2) is 23.5 Å². The van der Waals surface area contributed by atoms with E-state index in [0.717, 1.165) is 0 Å². The van der Waals surface area contributed by atoms with E-state index < -0.39 is 0 Å². The van der Waals surface area contributed by atoms with Crippen LogP contribution in [0, 0.1) is 0 Å². The molecule has 110 valence electrons. The molecule has 5 N–H and O–H groups in total. The van der Waals surface area contributed by atoms with Gasteiger partial charge in [-0.1, -0.05) is 12.1 Å². The summed E-state index contributed by atoms with van der Waals surface area (Å²) in [6, 6.07) is 10.0. The Labute approximate surface area is 122 Å². The summed E-state index contributed by atoms with van der Waals surface area (Å²) in [5.74, 6) is 0.526. The molecular weight excluding hydrogens is 270 g/mol. The monoisotopic (exact) mass is 287 g/mol. The van der Waals surface area contributed by atoms with E-state index in [1.807, 2.05) is 0 Å². The Morgan fingerprint density at radius 2 is 2.10 bits per heavy atom. The molecule has 0 bridgehead atoms. The first kappa shape index (κ1) is 14.5. The van der Waals surface area contributed by atoms with Gasteiger partial charge in [-0.05, 0) is 18.2 Å². The zero-order valence-corrected chi connectivity index (χ0v) is 11.6. The number of hydrazone groups is 1. The number of benzene rings is 2. The summed E-state index contributed by atoms with van der Waals surface area (Å²) < 4.78 is 5.01. The molecule has 0 atom stereocenters. The van der Waals surface area contributed by atoms with Crippen molar-refractivity contribution in [2.45, 2.75) is 6.54 Å². The van der Waals surface area contributed by atoms with Crippen molar-refractivity contribution in [3.8, 4) is 17.2 Å².